The van der Waals surface area contributed by atoms with Crippen molar-refractivity contribution in [1.29, 1.82) is 0 Å². The van der Waals surface area contributed by atoms with E-state index in [-0.39, 0.29) is 0 Å². The van der Waals surface area contributed by atoms with E-state index in [1.54, 1.807) is 0 Å². The molecule has 3 unspecified atom stereocenters. The van der Waals surface area contributed by atoms with E-state index in [0.717, 1.165) is 30.1 Å². The van der Waals surface area contributed by atoms with Gasteiger partial charge in [0.25, 0.3) is 0 Å². The van der Waals surface area contributed by atoms with Gasteiger partial charge in [-0.2, -0.15) is 0 Å². The third-order valence-electron chi connectivity index (χ3n) is 9.56. The molecule has 2 heteroatoms. The van der Waals surface area contributed by atoms with Crippen LogP contribution in [-0.2, 0) is 9.53 Å². The van der Waals surface area contributed by atoms with Crippen LogP contribution in [0.3, 0.4) is 0 Å². The Morgan fingerprint density at radius 2 is 1.77 bits per heavy atom. The van der Waals surface area contributed by atoms with Crippen molar-refractivity contribution in [1.82, 2.24) is 0 Å². The van der Waals surface area contributed by atoms with Crippen LogP contribution in [-0.4, -0.2) is 18.5 Å². The molecule has 0 aliphatic heterocycles. The minimum Gasteiger partial charge on any atom is -0.374 e. The van der Waals surface area contributed by atoms with E-state index >= 15 is 0 Å². The molecule has 4 fully saturated rings. The fourth-order valence-electron chi connectivity index (χ4n) is 8.24. The van der Waals surface area contributed by atoms with Crippen LogP contribution >= 0.6 is 0 Å². The second kappa shape index (κ2) is 6.76. The van der Waals surface area contributed by atoms with Crippen LogP contribution in [0.15, 0.2) is 12.7 Å². The van der Waals surface area contributed by atoms with Gasteiger partial charge in [0.15, 0.2) is 0 Å². The lowest BCUT2D eigenvalue weighted by Gasteiger charge is -2.61. The highest BCUT2D eigenvalue weighted by molar-refractivity contribution is 5.79. The number of hydrogen-bond acceptors (Lipinski definition) is 2. The Morgan fingerprint density at radius 3 is 2.50 bits per heavy atom. The van der Waals surface area contributed by atoms with Gasteiger partial charge in [-0.1, -0.05) is 19.9 Å². The van der Waals surface area contributed by atoms with Gasteiger partial charge in [-0.25, -0.2) is 0 Å². The molecule has 0 aromatic rings. The summed E-state index contributed by atoms with van der Waals surface area (Å²) in [6.45, 7) is 11.4. The molecule has 0 aromatic heterocycles. The average molecular weight is 359 g/mol. The third kappa shape index (κ3) is 2.74. The van der Waals surface area contributed by atoms with Crippen molar-refractivity contribution >= 4 is 5.78 Å². The Labute approximate surface area is 160 Å². The lowest BCUT2D eigenvalue weighted by molar-refractivity contribution is -0.141. The summed E-state index contributed by atoms with van der Waals surface area (Å²) in [7, 11) is 0. The molecular weight excluding hydrogens is 320 g/mol. The molecule has 0 radical (unpaired) electrons. The topological polar surface area (TPSA) is 26.3 Å². The molecule has 0 heterocycles. The highest BCUT2D eigenvalue weighted by Gasteiger charge is 2.60. The first kappa shape index (κ1) is 18.7. The number of fused-ring (bicyclic) bond motifs is 5. The van der Waals surface area contributed by atoms with Crippen molar-refractivity contribution in [3.05, 3.63) is 12.7 Å². The van der Waals surface area contributed by atoms with E-state index in [1.807, 2.05) is 13.0 Å². The van der Waals surface area contributed by atoms with Gasteiger partial charge in [-0.3, -0.25) is 4.79 Å². The predicted octanol–water partition coefficient (Wildman–Crippen LogP) is 5.81. The number of Topliss-reactive ketones (excluding diaryl/α,β-unsaturated/α-hetero) is 1. The Hall–Kier alpha value is -0.630. The zero-order valence-corrected chi connectivity index (χ0v) is 17.1. The second-order valence-corrected chi connectivity index (χ2v) is 10.5. The molecule has 0 spiro atoms. The predicted molar refractivity (Wildman–Crippen MR) is 106 cm³/mol. The number of ether oxygens (including phenoxy) is 1. The molecular formula is C24H38O2. The number of hydrogen-bond donors (Lipinski definition) is 0. The van der Waals surface area contributed by atoms with Gasteiger partial charge in [0.05, 0.1) is 12.7 Å². The minimum atomic E-state index is 0.292. The zero-order valence-electron chi connectivity index (χ0n) is 17.1. The summed E-state index contributed by atoms with van der Waals surface area (Å²) in [6, 6.07) is 0. The summed E-state index contributed by atoms with van der Waals surface area (Å²) in [5.41, 5.74) is 0.799. The van der Waals surface area contributed by atoms with Crippen molar-refractivity contribution in [2.75, 3.05) is 6.61 Å². The van der Waals surface area contributed by atoms with Crippen LogP contribution in [0.1, 0.15) is 78.6 Å². The maximum Gasteiger partial charge on any atom is 0.133 e. The number of carbonyl (C=O) groups is 1. The second-order valence-electron chi connectivity index (χ2n) is 10.5. The Balaban J connectivity index is 1.52. The van der Waals surface area contributed by atoms with E-state index < -0.39 is 0 Å². The van der Waals surface area contributed by atoms with E-state index in [1.165, 1.54) is 51.4 Å². The van der Waals surface area contributed by atoms with Gasteiger partial charge >= 0.3 is 0 Å². The summed E-state index contributed by atoms with van der Waals surface area (Å²) in [4.78, 5) is 12.3. The normalized spacial score (nSPS) is 50.4. The van der Waals surface area contributed by atoms with Gasteiger partial charge in [-0.05, 0) is 99.2 Å². The maximum absolute atomic E-state index is 12.3. The van der Waals surface area contributed by atoms with Gasteiger partial charge in [0.1, 0.15) is 5.78 Å². The summed E-state index contributed by atoms with van der Waals surface area (Å²) >= 11 is 0. The monoisotopic (exact) mass is 358 g/mol. The van der Waals surface area contributed by atoms with Crippen molar-refractivity contribution < 1.29 is 9.53 Å². The Bertz CT molecular complexity index is 569. The maximum atomic E-state index is 12.3. The van der Waals surface area contributed by atoms with Gasteiger partial charge in [0, 0.05) is 5.92 Å². The molecule has 0 N–H and O–H groups in total. The molecule has 0 bridgehead atoms. The van der Waals surface area contributed by atoms with E-state index in [0.29, 0.717) is 35.2 Å². The van der Waals surface area contributed by atoms with E-state index in [9.17, 15) is 4.79 Å². The van der Waals surface area contributed by atoms with Crippen molar-refractivity contribution in [2.24, 2.45) is 40.4 Å². The Kier molecular flexibility index (Phi) is 4.87. The largest absolute Gasteiger partial charge is 0.374 e. The summed E-state index contributed by atoms with van der Waals surface area (Å²) in [5, 5.41) is 0. The fourth-order valence-corrected chi connectivity index (χ4v) is 8.24. The van der Waals surface area contributed by atoms with Gasteiger partial charge in [-0.15, -0.1) is 6.58 Å². The smallest absolute Gasteiger partial charge is 0.133 e. The highest BCUT2D eigenvalue weighted by atomic mass is 16.5. The van der Waals surface area contributed by atoms with E-state index in [2.05, 4.69) is 20.4 Å². The number of rotatable bonds is 4. The van der Waals surface area contributed by atoms with Crippen LogP contribution in [0.2, 0.25) is 0 Å². The summed E-state index contributed by atoms with van der Waals surface area (Å²) in [5.74, 6) is 4.16. The molecule has 4 rings (SSSR count). The standard InChI is InChI=1S/C24H38O2/c1-5-14-26-18-10-12-23(3)17(15-18)6-7-19-21-9-8-20(16(2)25)24(21,4)13-11-22(19)23/h5,17-22H,1,6-15H2,2-4H3/t17-,18-,19?,20+,21?,22?,23-,24+/m0/s1. The SMILES string of the molecule is C=CCO[C@H]1CC[C@]2(C)C3CC[C@@]4(C)C(CC[C@@H]4C(C)=O)C3CC[C@H]2C1. The minimum absolute atomic E-state index is 0.292. The van der Waals surface area contributed by atoms with Crippen molar-refractivity contribution in [2.45, 2.75) is 84.7 Å². The lowest BCUT2D eigenvalue weighted by Crippen LogP contribution is -2.54. The average Bonchev–Trinajstić information content (AvgIpc) is 2.97. The quantitative estimate of drug-likeness (QED) is 0.593. The van der Waals surface area contributed by atoms with Gasteiger partial charge < -0.3 is 4.74 Å². The van der Waals surface area contributed by atoms with Crippen LogP contribution in [0, 0.1) is 40.4 Å². The molecule has 8 atom stereocenters. The van der Waals surface area contributed by atoms with E-state index in [4.69, 9.17) is 4.74 Å². The molecule has 4 aliphatic rings. The van der Waals surface area contributed by atoms with Crippen LogP contribution in [0.25, 0.3) is 0 Å². The van der Waals surface area contributed by atoms with Crippen LogP contribution < -0.4 is 0 Å². The van der Waals surface area contributed by atoms with Crippen LogP contribution in [0.5, 0.6) is 0 Å². The first-order chi connectivity index (χ1) is 12.4. The van der Waals surface area contributed by atoms with Crippen LogP contribution in [0.4, 0.5) is 0 Å². The summed E-state index contributed by atoms with van der Waals surface area (Å²) in [6.07, 6.45) is 14.0. The fraction of sp³-hybridized carbons (Fsp3) is 0.875. The molecule has 0 amide bonds. The summed E-state index contributed by atoms with van der Waals surface area (Å²) < 4.78 is 6.03. The van der Waals surface area contributed by atoms with Crippen molar-refractivity contribution in [3.8, 4) is 0 Å². The Morgan fingerprint density at radius 1 is 1.04 bits per heavy atom. The first-order valence-corrected chi connectivity index (χ1v) is 11.1. The lowest BCUT2D eigenvalue weighted by atomic mass is 9.44. The molecule has 26 heavy (non-hydrogen) atoms. The highest BCUT2D eigenvalue weighted by Crippen LogP contribution is 2.67. The molecule has 0 saturated heterocycles. The number of ketones is 1. The molecule has 146 valence electrons. The molecule has 4 saturated carbocycles. The zero-order chi connectivity index (χ0) is 18.5. The molecule has 0 aromatic carbocycles. The van der Waals surface area contributed by atoms with Crippen molar-refractivity contribution in [3.63, 3.8) is 0 Å². The van der Waals surface area contributed by atoms with Gasteiger partial charge in [0.2, 0.25) is 0 Å². The third-order valence-corrected chi connectivity index (χ3v) is 9.56. The molecule has 4 aliphatic carbocycles. The first-order valence-electron chi connectivity index (χ1n) is 11.1. The molecule has 2 nitrogen and oxygen atoms in total. The number of carbonyl (C=O) groups excluding carboxylic acids is 1.